The molecule has 2 aromatic rings. The summed E-state index contributed by atoms with van der Waals surface area (Å²) in [6.45, 7) is 6.55. The molecule has 2 aliphatic carbocycles. The van der Waals surface area contributed by atoms with Crippen molar-refractivity contribution in [3.8, 4) is 34.5 Å². The molecule has 2 aliphatic heterocycles. The average Bonchev–Trinajstić information content (AvgIpc) is 3.01. The minimum atomic E-state index is -0.961. The van der Waals surface area contributed by atoms with Gasteiger partial charge in [-0.15, -0.1) is 0 Å². The third kappa shape index (κ3) is 2.23. The number of ketones is 1. The van der Waals surface area contributed by atoms with Crippen LogP contribution in [0.15, 0.2) is 18.2 Å². The van der Waals surface area contributed by atoms with E-state index in [0.717, 1.165) is 18.9 Å². The number of carbonyl (C=O) groups excluding carboxylic acids is 1. The maximum Gasteiger partial charge on any atom is 0.174 e. The van der Waals surface area contributed by atoms with E-state index in [-0.39, 0.29) is 69.1 Å². The number of rotatable bonds is 1. The van der Waals surface area contributed by atoms with Gasteiger partial charge in [0.15, 0.2) is 5.78 Å². The molecule has 5 atom stereocenters. The molecule has 168 valence electrons. The molecule has 6 rings (SSSR count). The van der Waals surface area contributed by atoms with Gasteiger partial charge in [-0.2, -0.15) is 0 Å². The number of fused-ring (bicyclic) bond motifs is 3. The Labute approximate surface area is 185 Å². The smallest absolute Gasteiger partial charge is 0.174 e. The molecule has 0 radical (unpaired) electrons. The Morgan fingerprint density at radius 2 is 1.72 bits per heavy atom. The molecule has 2 heterocycles. The van der Waals surface area contributed by atoms with E-state index in [0.29, 0.717) is 17.2 Å². The van der Waals surface area contributed by atoms with Crippen molar-refractivity contribution >= 4 is 5.78 Å². The van der Waals surface area contributed by atoms with Gasteiger partial charge in [-0.3, -0.25) is 4.79 Å². The lowest BCUT2D eigenvalue weighted by molar-refractivity contribution is -0.121. The van der Waals surface area contributed by atoms with Crippen LogP contribution in [-0.2, 0) is 0 Å². The molecule has 0 amide bonds. The molecule has 7 nitrogen and oxygen atoms in total. The normalized spacial score (nSPS) is 33.3. The summed E-state index contributed by atoms with van der Waals surface area (Å²) >= 11 is 0. The van der Waals surface area contributed by atoms with Crippen LogP contribution in [0.4, 0.5) is 0 Å². The molecule has 0 spiro atoms. The number of carbonyl (C=O) groups is 1. The van der Waals surface area contributed by atoms with Crippen LogP contribution in [0.25, 0.3) is 0 Å². The zero-order valence-electron chi connectivity index (χ0n) is 18.2. The second-order valence-electron chi connectivity index (χ2n) is 10.5. The van der Waals surface area contributed by atoms with Crippen LogP contribution < -0.4 is 9.47 Å². The van der Waals surface area contributed by atoms with Gasteiger partial charge in [-0.25, -0.2) is 0 Å². The summed E-state index contributed by atoms with van der Waals surface area (Å²) in [5.41, 5.74) is 0.451. The lowest BCUT2D eigenvalue weighted by Crippen LogP contribution is -2.59. The lowest BCUT2D eigenvalue weighted by Gasteiger charge is -2.62. The first-order valence-corrected chi connectivity index (χ1v) is 11.1. The number of benzene rings is 2. The molecule has 2 saturated carbocycles. The quantitative estimate of drug-likeness (QED) is 0.517. The Morgan fingerprint density at radius 1 is 0.969 bits per heavy atom. The maximum atomic E-state index is 12.8. The monoisotopic (exact) mass is 438 g/mol. The molecule has 4 aliphatic rings. The molecule has 2 aromatic carbocycles. The van der Waals surface area contributed by atoms with Gasteiger partial charge in [-0.05, 0) is 31.1 Å². The van der Waals surface area contributed by atoms with Crippen LogP contribution in [0.3, 0.4) is 0 Å². The van der Waals surface area contributed by atoms with E-state index >= 15 is 0 Å². The van der Waals surface area contributed by atoms with Crippen molar-refractivity contribution < 1.29 is 34.7 Å². The van der Waals surface area contributed by atoms with Crippen molar-refractivity contribution in [3.63, 3.8) is 0 Å². The largest absolute Gasteiger partial charge is 0.508 e. The van der Waals surface area contributed by atoms with E-state index in [2.05, 4.69) is 20.8 Å². The minimum Gasteiger partial charge on any atom is -0.508 e. The van der Waals surface area contributed by atoms with E-state index in [1.807, 2.05) is 0 Å². The number of hydrogen-bond acceptors (Lipinski definition) is 7. The van der Waals surface area contributed by atoms with Crippen LogP contribution in [0.5, 0.6) is 34.5 Å². The SMILES string of the molecule is CC12CCC3C1C(c1c(cc(O)c(C4CC(=O)c5c(O)cc(O)cc5O4)c1O)O2)C3(C)C. The third-order valence-electron chi connectivity index (χ3n) is 8.49. The van der Waals surface area contributed by atoms with Gasteiger partial charge in [0.25, 0.3) is 0 Å². The minimum absolute atomic E-state index is 0.0102. The molecule has 4 N–H and O–H groups in total. The number of ether oxygens (including phenoxy) is 2. The molecule has 2 fully saturated rings. The predicted molar refractivity (Wildman–Crippen MR) is 114 cm³/mol. The first-order valence-electron chi connectivity index (χ1n) is 11.1. The van der Waals surface area contributed by atoms with Crippen LogP contribution >= 0.6 is 0 Å². The van der Waals surface area contributed by atoms with E-state index in [4.69, 9.17) is 9.47 Å². The molecule has 0 bridgehead atoms. The van der Waals surface area contributed by atoms with Crippen molar-refractivity contribution in [3.05, 3.63) is 34.9 Å². The van der Waals surface area contributed by atoms with Crippen molar-refractivity contribution in [2.75, 3.05) is 0 Å². The Bertz CT molecular complexity index is 1200. The molecular weight excluding hydrogens is 412 g/mol. The average molecular weight is 438 g/mol. The molecule has 7 heteroatoms. The van der Waals surface area contributed by atoms with Crippen LogP contribution in [0.1, 0.15) is 73.5 Å². The van der Waals surface area contributed by atoms with Gasteiger partial charge in [-0.1, -0.05) is 13.8 Å². The summed E-state index contributed by atoms with van der Waals surface area (Å²) in [5.74, 6) is 0.0591. The molecule has 0 aromatic heterocycles. The van der Waals surface area contributed by atoms with Crippen molar-refractivity contribution in [2.45, 2.75) is 57.7 Å². The van der Waals surface area contributed by atoms with Gasteiger partial charge in [0, 0.05) is 35.6 Å². The number of hydrogen-bond donors (Lipinski definition) is 4. The summed E-state index contributed by atoms with van der Waals surface area (Å²) in [5, 5.41) is 42.2. The van der Waals surface area contributed by atoms with Crippen LogP contribution in [-0.4, -0.2) is 31.8 Å². The molecule has 5 unspecified atom stereocenters. The maximum absolute atomic E-state index is 12.8. The van der Waals surface area contributed by atoms with Gasteiger partial charge in [0.05, 0.1) is 12.0 Å². The number of phenolic OH excluding ortho intramolecular Hbond substituents is 4. The highest BCUT2D eigenvalue weighted by molar-refractivity contribution is 6.02. The van der Waals surface area contributed by atoms with Crippen molar-refractivity contribution in [2.24, 2.45) is 17.3 Å². The van der Waals surface area contributed by atoms with Gasteiger partial charge >= 0.3 is 0 Å². The van der Waals surface area contributed by atoms with Crippen molar-refractivity contribution in [1.29, 1.82) is 0 Å². The molecular formula is C25H26O7. The fraction of sp³-hybridized carbons (Fsp3) is 0.480. The second kappa shape index (κ2) is 5.82. The fourth-order valence-electron chi connectivity index (χ4n) is 7.08. The highest BCUT2D eigenvalue weighted by Crippen LogP contribution is 2.74. The summed E-state index contributed by atoms with van der Waals surface area (Å²) in [6.07, 6.45) is 0.888. The topological polar surface area (TPSA) is 116 Å². The van der Waals surface area contributed by atoms with Gasteiger partial charge in [0.1, 0.15) is 51.8 Å². The zero-order valence-corrected chi connectivity index (χ0v) is 18.2. The van der Waals surface area contributed by atoms with Gasteiger partial charge in [0.2, 0.25) is 0 Å². The van der Waals surface area contributed by atoms with E-state index in [1.54, 1.807) is 0 Å². The second-order valence-corrected chi connectivity index (χ2v) is 10.5. The summed E-state index contributed by atoms with van der Waals surface area (Å²) < 4.78 is 12.3. The predicted octanol–water partition coefficient (Wildman–Crippen LogP) is 4.52. The first-order chi connectivity index (χ1) is 15.0. The lowest BCUT2D eigenvalue weighted by atomic mass is 9.45. The summed E-state index contributed by atoms with van der Waals surface area (Å²) in [4.78, 5) is 12.8. The van der Waals surface area contributed by atoms with Gasteiger partial charge < -0.3 is 29.9 Å². The number of Topliss-reactive ketones (excluding diaryl/α,β-unsaturated/α-hetero) is 1. The standard InChI is InChI=1S/C25H26O7/c1-24(2)11-4-5-25(3)21(11)22(24)20-17(32-25)9-14(29)19(23(20)30)16-8-13(28)18-12(27)6-10(26)7-15(18)31-16/h6-7,9,11,16,21-22,26-27,29-30H,4-5,8H2,1-3H3. The Balaban J connectivity index is 1.48. The molecule has 0 saturated heterocycles. The first kappa shape index (κ1) is 19.6. The van der Waals surface area contributed by atoms with E-state index in [1.165, 1.54) is 12.1 Å². The zero-order chi connectivity index (χ0) is 22.7. The molecule has 32 heavy (non-hydrogen) atoms. The number of aromatic hydroxyl groups is 4. The fourth-order valence-corrected chi connectivity index (χ4v) is 7.08. The van der Waals surface area contributed by atoms with Crippen LogP contribution in [0, 0.1) is 17.3 Å². The number of phenols is 4. The Morgan fingerprint density at radius 3 is 2.47 bits per heavy atom. The summed E-state index contributed by atoms with van der Waals surface area (Å²) in [7, 11) is 0. The van der Waals surface area contributed by atoms with Crippen LogP contribution in [0.2, 0.25) is 0 Å². The summed E-state index contributed by atoms with van der Waals surface area (Å²) in [6, 6.07) is 3.86. The third-order valence-corrected chi connectivity index (χ3v) is 8.49. The Kier molecular flexibility index (Phi) is 3.56. The van der Waals surface area contributed by atoms with E-state index in [9.17, 15) is 25.2 Å². The highest BCUT2D eigenvalue weighted by atomic mass is 16.5. The Hall–Kier alpha value is -3.09. The van der Waals surface area contributed by atoms with Crippen molar-refractivity contribution in [1.82, 2.24) is 0 Å². The highest BCUT2D eigenvalue weighted by Gasteiger charge is 2.69. The van der Waals surface area contributed by atoms with E-state index < -0.39 is 11.9 Å².